The van der Waals surface area contributed by atoms with Crippen molar-refractivity contribution in [1.82, 2.24) is 4.90 Å². The van der Waals surface area contributed by atoms with Gasteiger partial charge in [0.05, 0.1) is 0 Å². The third-order valence-electron chi connectivity index (χ3n) is 4.66. The predicted octanol–water partition coefficient (Wildman–Crippen LogP) is 2.40. The maximum absolute atomic E-state index is 12.6. The second-order valence-corrected chi connectivity index (χ2v) is 6.63. The van der Waals surface area contributed by atoms with Gasteiger partial charge in [-0.15, -0.1) is 0 Å². The first kappa shape index (κ1) is 13.9. The van der Waals surface area contributed by atoms with Gasteiger partial charge in [-0.25, -0.2) is 0 Å². The van der Waals surface area contributed by atoms with Crippen molar-refractivity contribution in [1.29, 1.82) is 0 Å². The Balaban J connectivity index is 1.93. The maximum Gasteiger partial charge on any atom is 0.225 e. The Kier molecular flexibility index (Phi) is 4.66. The van der Waals surface area contributed by atoms with E-state index >= 15 is 0 Å². The van der Waals surface area contributed by atoms with E-state index in [0.29, 0.717) is 11.8 Å². The number of carbonyl (C=O) groups is 1. The van der Waals surface area contributed by atoms with Crippen LogP contribution in [0.25, 0.3) is 0 Å². The van der Waals surface area contributed by atoms with Crippen molar-refractivity contribution in [3.63, 3.8) is 0 Å². The molecule has 2 aliphatic rings. The number of rotatable bonds is 1. The molecule has 4 atom stereocenters. The summed E-state index contributed by atoms with van der Waals surface area (Å²) in [6.45, 7) is 6.44. The molecular formula is C15H28N2O. The molecule has 1 heterocycles. The average molecular weight is 252 g/mol. The fraction of sp³-hybridized carbons (Fsp3) is 0.933. The first-order valence-corrected chi connectivity index (χ1v) is 7.60. The molecule has 1 amide bonds. The number of likely N-dealkylation sites (tertiary alicyclic amines) is 1. The molecule has 2 N–H and O–H groups in total. The molecule has 1 aliphatic heterocycles. The zero-order chi connectivity index (χ0) is 13.1. The summed E-state index contributed by atoms with van der Waals surface area (Å²) >= 11 is 0. The van der Waals surface area contributed by atoms with E-state index in [-0.39, 0.29) is 12.0 Å². The fourth-order valence-corrected chi connectivity index (χ4v) is 3.60. The normalized spacial score (nSPS) is 38.3. The Labute approximate surface area is 111 Å². The van der Waals surface area contributed by atoms with Crippen LogP contribution in [0.15, 0.2) is 0 Å². The first-order valence-electron chi connectivity index (χ1n) is 7.60. The lowest BCUT2D eigenvalue weighted by Gasteiger charge is -2.34. The number of nitrogens with two attached hydrogens (primary N) is 1. The molecule has 1 aliphatic carbocycles. The number of hydrogen-bond donors (Lipinski definition) is 1. The van der Waals surface area contributed by atoms with E-state index in [2.05, 4.69) is 18.7 Å². The highest BCUT2D eigenvalue weighted by atomic mass is 16.2. The Morgan fingerprint density at radius 3 is 2.56 bits per heavy atom. The van der Waals surface area contributed by atoms with Crippen molar-refractivity contribution in [2.75, 3.05) is 13.1 Å². The van der Waals surface area contributed by atoms with Crippen LogP contribution in [0.3, 0.4) is 0 Å². The van der Waals surface area contributed by atoms with Crippen LogP contribution >= 0.6 is 0 Å². The molecule has 0 aromatic carbocycles. The van der Waals surface area contributed by atoms with Gasteiger partial charge < -0.3 is 10.6 Å². The van der Waals surface area contributed by atoms with Crippen LogP contribution in [-0.2, 0) is 4.79 Å². The molecule has 0 bridgehead atoms. The molecule has 1 saturated carbocycles. The fourth-order valence-electron chi connectivity index (χ4n) is 3.60. The molecule has 18 heavy (non-hydrogen) atoms. The van der Waals surface area contributed by atoms with Crippen LogP contribution in [0.1, 0.15) is 52.4 Å². The van der Waals surface area contributed by atoms with Gasteiger partial charge in [0.2, 0.25) is 5.91 Å². The smallest absolute Gasteiger partial charge is 0.225 e. The van der Waals surface area contributed by atoms with Gasteiger partial charge >= 0.3 is 0 Å². The summed E-state index contributed by atoms with van der Waals surface area (Å²) in [5.41, 5.74) is 6.07. The summed E-state index contributed by atoms with van der Waals surface area (Å²) in [7, 11) is 0. The van der Waals surface area contributed by atoms with Gasteiger partial charge in [-0.05, 0) is 50.4 Å². The quantitative estimate of drug-likeness (QED) is 0.779. The Morgan fingerprint density at radius 2 is 1.83 bits per heavy atom. The monoisotopic (exact) mass is 252 g/mol. The summed E-state index contributed by atoms with van der Waals surface area (Å²) in [5, 5.41) is 0. The van der Waals surface area contributed by atoms with Crippen molar-refractivity contribution in [3.8, 4) is 0 Å². The van der Waals surface area contributed by atoms with E-state index in [1.807, 2.05) is 0 Å². The highest BCUT2D eigenvalue weighted by molar-refractivity contribution is 5.79. The van der Waals surface area contributed by atoms with E-state index in [4.69, 9.17) is 5.73 Å². The third-order valence-corrected chi connectivity index (χ3v) is 4.66. The summed E-state index contributed by atoms with van der Waals surface area (Å²) in [5.74, 6) is 1.95. The summed E-state index contributed by atoms with van der Waals surface area (Å²) in [6.07, 6.45) is 6.63. The van der Waals surface area contributed by atoms with Crippen LogP contribution in [0.2, 0.25) is 0 Å². The van der Waals surface area contributed by atoms with Gasteiger partial charge in [-0.1, -0.05) is 13.8 Å². The molecule has 1 saturated heterocycles. The lowest BCUT2D eigenvalue weighted by atomic mass is 9.79. The lowest BCUT2D eigenvalue weighted by molar-refractivity contribution is -0.137. The van der Waals surface area contributed by atoms with Crippen molar-refractivity contribution in [3.05, 3.63) is 0 Å². The molecule has 0 aromatic rings. The van der Waals surface area contributed by atoms with Crippen LogP contribution in [0.4, 0.5) is 0 Å². The zero-order valence-electron chi connectivity index (χ0n) is 11.9. The molecular weight excluding hydrogens is 224 g/mol. The van der Waals surface area contributed by atoms with Crippen molar-refractivity contribution < 1.29 is 4.79 Å². The van der Waals surface area contributed by atoms with Crippen LogP contribution in [-0.4, -0.2) is 29.9 Å². The molecule has 3 heteroatoms. The van der Waals surface area contributed by atoms with Crippen molar-refractivity contribution >= 4 is 5.91 Å². The Morgan fingerprint density at radius 1 is 1.06 bits per heavy atom. The first-order chi connectivity index (χ1) is 8.56. The van der Waals surface area contributed by atoms with Crippen molar-refractivity contribution in [2.45, 2.75) is 58.4 Å². The van der Waals surface area contributed by atoms with Gasteiger partial charge in [-0.2, -0.15) is 0 Å². The highest BCUT2D eigenvalue weighted by Gasteiger charge is 2.32. The largest absolute Gasteiger partial charge is 0.342 e. The number of nitrogens with zero attached hydrogens (tertiary/aromatic N) is 1. The predicted molar refractivity (Wildman–Crippen MR) is 74.1 cm³/mol. The minimum absolute atomic E-state index is 0.192. The number of hydrogen-bond acceptors (Lipinski definition) is 2. The second kappa shape index (κ2) is 6.05. The van der Waals surface area contributed by atoms with Gasteiger partial charge in [0, 0.05) is 25.0 Å². The number of carbonyl (C=O) groups excluding carboxylic acids is 1. The minimum Gasteiger partial charge on any atom is -0.342 e. The molecule has 4 unspecified atom stereocenters. The summed E-state index contributed by atoms with van der Waals surface area (Å²) in [6, 6.07) is 0.230. The van der Waals surface area contributed by atoms with Gasteiger partial charge in [0.15, 0.2) is 0 Å². The standard InChI is InChI=1S/C15H28N2O/c1-11-4-3-6-17(7-5-11)15(18)13-8-12(2)9-14(16)10-13/h11-14H,3-10,16H2,1-2H3. The van der Waals surface area contributed by atoms with Crippen molar-refractivity contribution in [2.24, 2.45) is 23.5 Å². The average Bonchev–Trinajstić information content (AvgIpc) is 2.52. The van der Waals surface area contributed by atoms with Crippen LogP contribution < -0.4 is 5.73 Å². The Hall–Kier alpha value is -0.570. The molecule has 2 rings (SSSR count). The molecule has 104 valence electrons. The van der Waals surface area contributed by atoms with Gasteiger partial charge in [0.25, 0.3) is 0 Å². The van der Waals surface area contributed by atoms with Crippen LogP contribution in [0.5, 0.6) is 0 Å². The SMILES string of the molecule is CC1CCCN(C(=O)C2CC(C)CC(N)C2)CC1. The third kappa shape index (κ3) is 3.47. The summed E-state index contributed by atoms with van der Waals surface area (Å²) < 4.78 is 0. The van der Waals surface area contributed by atoms with E-state index < -0.39 is 0 Å². The lowest BCUT2D eigenvalue weighted by Crippen LogP contribution is -2.42. The maximum atomic E-state index is 12.6. The molecule has 3 nitrogen and oxygen atoms in total. The van der Waals surface area contributed by atoms with Crippen LogP contribution in [0, 0.1) is 17.8 Å². The second-order valence-electron chi connectivity index (χ2n) is 6.63. The molecule has 2 fully saturated rings. The Bertz CT molecular complexity index is 282. The molecule has 0 spiro atoms. The van der Waals surface area contributed by atoms with Gasteiger partial charge in [0.1, 0.15) is 0 Å². The van der Waals surface area contributed by atoms with Gasteiger partial charge in [-0.3, -0.25) is 4.79 Å². The van der Waals surface area contributed by atoms with E-state index in [1.54, 1.807) is 0 Å². The minimum atomic E-state index is 0.192. The molecule has 0 aromatic heterocycles. The topological polar surface area (TPSA) is 46.3 Å². The highest BCUT2D eigenvalue weighted by Crippen LogP contribution is 2.30. The van der Waals surface area contributed by atoms with E-state index in [1.165, 1.54) is 19.3 Å². The van der Waals surface area contributed by atoms with E-state index in [0.717, 1.165) is 38.3 Å². The number of amides is 1. The summed E-state index contributed by atoms with van der Waals surface area (Å²) in [4.78, 5) is 14.7. The molecule has 0 radical (unpaired) electrons. The zero-order valence-corrected chi connectivity index (χ0v) is 11.9. The van der Waals surface area contributed by atoms with E-state index in [9.17, 15) is 4.79 Å².